The predicted octanol–water partition coefficient (Wildman–Crippen LogP) is 2.31. The van der Waals surface area contributed by atoms with Crippen molar-refractivity contribution in [1.82, 2.24) is 9.88 Å². The minimum Gasteiger partial charge on any atom is -0.439 e. The lowest BCUT2D eigenvalue weighted by atomic mass is 10.2. The lowest BCUT2D eigenvalue weighted by Crippen LogP contribution is -2.35. The number of hydrogen-bond donors (Lipinski definition) is 0. The number of hydrogen-bond acceptors (Lipinski definition) is 4. The number of benzene rings is 1. The lowest BCUT2D eigenvalue weighted by molar-refractivity contribution is 0.0306. The van der Waals surface area contributed by atoms with E-state index in [-0.39, 0.29) is 5.82 Å². The standard InChI is InChI=1S/C14H15FN2O2/c15-12-4-2-1-3-11(12)13-9-16-14(19-13)10-17-5-7-18-8-6-17/h1-4,9H,5-8,10H2. The van der Waals surface area contributed by atoms with Gasteiger partial charge >= 0.3 is 0 Å². The van der Waals surface area contributed by atoms with Gasteiger partial charge in [0, 0.05) is 13.1 Å². The maximum Gasteiger partial charge on any atom is 0.209 e. The van der Waals surface area contributed by atoms with E-state index in [0.717, 1.165) is 26.3 Å². The molecule has 0 saturated carbocycles. The Morgan fingerprint density at radius 1 is 1.21 bits per heavy atom. The van der Waals surface area contributed by atoms with E-state index in [9.17, 15) is 4.39 Å². The third kappa shape index (κ3) is 2.83. The van der Waals surface area contributed by atoms with Crippen LogP contribution in [0.5, 0.6) is 0 Å². The van der Waals surface area contributed by atoms with Crippen LogP contribution in [0.25, 0.3) is 11.3 Å². The molecule has 0 unspecified atom stereocenters. The van der Waals surface area contributed by atoms with Gasteiger partial charge in [-0.2, -0.15) is 0 Å². The molecule has 5 heteroatoms. The molecule has 1 aromatic carbocycles. The first kappa shape index (κ1) is 12.3. The Balaban J connectivity index is 1.74. The normalized spacial score (nSPS) is 16.7. The molecule has 1 aliphatic heterocycles. The fourth-order valence-corrected chi connectivity index (χ4v) is 2.12. The molecule has 1 aromatic heterocycles. The third-order valence-electron chi connectivity index (χ3n) is 3.16. The van der Waals surface area contributed by atoms with Crippen molar-refractivity contribution in [3.63, 3.8) is 0 Å². The van der Waals surface area contributed by atoms with Crippen LogP contribution in [0.15, 0.2) is 34.9 Å². The van der Waals surface area contributed by atoms with Crippen LogP contribution in [-0.2, 0) is 11.3 Å². The summed E-state index contributed by atoms with van der Waals surface area (Å²) in [5.41, 5.74) is 0.447. The number of ether oxygens (including phenoxy) is 1. The van der Waals surface area contributed by atoms with E-state index in [1.165, 1.54) is 6.07 Å². The maximum absolute atomic E-state index is 13.6. The van der Waals surface area contributed by atoms with Gasteiger partial charge in [-0.3, -0.25) is 4.90 Å². The lowest BCUT2D eigenvalue weighted by Gasteiger charge is -2.24. The Labute approximate surface area is 110 Å². The van der Waals surface area contributed by atoms with Crippen molar-refractivity contribution >= 4 is 0 Å². The number of halogens is 1. The van der Waals surface area contributed by atoms with Crippen LogP contribution in [0.2, 0.25) is 0 Å². The SMILES string of the molecule is Fc1ccccc1-c1cnc(CN2CCOCC2)o1. The zero-order chi connectivity index (χ0) is 13.1. The number of rotatable bonds is 3. The van der Waals surface area contributed by atoms with Gasteiger partial charge < -0.3 is 9.15 Å². The summed E-state index contributed by atoms with van der Waals surface area (Å²) >= 11 is 0. The summed E-state index contributed by atoms with van der Waals surface area (Å²) in [4.78, 5) is 6.42. The predicted molar refractivity (Wildman–Crippen MR) is 68.0 cm³/mol. The van der Waals surface area contributed by atoms with Gasteiger partial charge in [0.05, 0.1) is 31.5 Å². The topological polar surface area (TPSA) is 38.5 Å². The van der Waals surface area contributed by atoms with Gasteiger partial charge in [-0.1, -0.05) is 12.1 Å². The highest BCUT2D eigenvalue weighted by Gasteiger charge is 2.15. The highest BCUT2D eigenvalue weighted by molar-refractivity contribution is 5.56. The molecule has 4 nitrogen and oxygen atoms in total. The second kappa shape index (κ2) is 5.50. The molecule has 0 spiro atoms. The molecule has 1 fully saturated rings. The first-order chi connectivity index (χ1) is 9.33. The summed E-state index contributed by atoms with van der Waals surface area (Å²) in [6, 6.07) is 6.54. The van der Waals surface area contributed by atoms with Gasteiger partial charge in [-0.25, -0.2) is 9.37 Å². The van der Waals surface area contributed by atoms with Crippen LogP contribution in [0, 0.1) is 5.82 Å². The highest BCUT2D eigenvalue weighted by atomic mass is 19.1. The van der Waals surface area contributed by atoms with Crippen molar-refractivity contribution < 1.29 is 13.5 Å². The Morgan fingerprint density at radius 2 is 2.00 bits per heavy atom. The van der Waals surface area contributed by atoms with Crippen LogP contribution in [0.1, 0.15) is 5.89 Å². The molecule has 0 amide bonds. The molecule has 100 valence electrons. The maximum atomic E-state index is 13.6. The minimum absolute atomic E-state index is 0.295. The molecule has 1 saturated heterocycles. The molecule has 1 aliphatic rings. The third-order valence-corrected chi connectivity index (χ3v) is 3.16. The van der Waals surface area contributed by atoms with E-state index >= 15 is 0 Å². The summed E-state index contributed by atoms with van der Waals surface area (Å²) in [6.45, 7) is 3.86. The summed E-state index contributed by atoms with van der Waals surface area (Å²) in [6.07, 6.45) is 1.58. The van der Waals surface area contributed by atoms with Gasteiger partial charge in [0.25, 0.3) is 0 Å². The van der Waals surface area contributed by atoms with Crippen molar-refractivity contribution in [2.75, 3.05) is 26.3 Å². The van der Waals surface area contributed by atoms with E-state index in [4.69, 9.17) is 9.15 Å². The molecule has 3 rings (SSSR count). The average Bonchev–Trinajstić information content (AvgIpc) is 2.89. The van der Waals surface area contributed by atoms with E-state index in [1.807, 2.05) is 0 Å². The summed E-state index contributed by atoms with van der Waals surface area (Å²) in [7, 11) is 0. The first-order valence-electron chi connectivity index (χ1n) is 6.32. The minimum atomic E-state index is -0.295. The second-order valence-corrected chi connectivity index (χ2v) is 4.49. The van der Waals surface area contributed by atoms with Gasteiger partial charge in [0.2, 0.25) is 5.89 Å². The molecule has 2 heterocycles. The zero-order valence-electron chi connectivity index (χ0n) is 10.5. The highest BCUT2D eigenvalue weighted by Crippen LogP contribution is 2.23. The molecule has 0 radical (unpaired) electrons. The molecule has 0 aliphatic carbocycles. The van der Waals surface area contributed by atoms with E-state index in [2.05, 4.69) is 9.88 Å². The molecular formula is C14H15FN2O2. The van der Waals surface area contributed by atoms with Crippen LogP contribution >= 0.6 is 0 Å². The number of aromatic nitrogens is 1. The van der Waals surface area contributed by atoms with E-state index in [0.29, 0.717) is 23.8 Å². The van der Waals surface area contributed by atoms with Gasteiger partial charge in [0.1, 0.15) is 5.82 Å². The quantitative estimate of drug-likeness (QED) is 0.851. The van der Waals surface area contributed by atoms with Crippen molar-refractivity contribution in [1.29, 1.82) is 0 Å². The molecular weight excluding hydrogens is 247 g/mol. The largest absolute Gasteiger partial charge is 0.439 e. The summed E-state index contributed by atoms with van der Waals surface area (Å²) in [5, 5.41) is 0. The van der Waals surface area contributed by atoms with E-state index in [1.54, 1.807) is 24.4 Å². The van der Waals surface area contributed by atoms with Crippen LogP contribution < -0.4 is 0 Å². The number of nitrogens with zero attached hydrogens (tertiary/aromatic N) is 2. The molecule has 0 N–H and O–H groups in total. The molecule has 0 bridgehead atoms. The number of morpholine rings is 1. The zero-order valence-corrected chi connectivity index (χ0v) is 10.5. The average molecular weight is 262 g/mol. The second-order valence-electron chi connectivity index (χ2n) is 4.49. The Bertz CT molecular complexity index is 550. The number of oxazole rings is 1. The van der Waals surface area contributed by atoms with Crippen LogP contribution in [0.3, 0.4) is 0 Å². The van der Waals surface area contributed by atoms with Gasteiger partial charge in [-0.15, -0.1) is 0 Å². The monoisotopic (exact) mass is 262 g/mol. The van der Waals surface area contributed by atoms with Crippen molar-refractivity contribution in [3.8, 4) is 11.3 Å². The van der Waals surface area contributed by atoms with Crippen molar-refractivity contribution in [3.05, 3.63) is 42.2 Å². The van der Waals surface area contributed by atoms with E-state index < -0.39 is 0 Å². The van der Waals surface area contributed by atoms with Crippen molar-refractivity contribution in [2.24, 2.45) is 0 Å². The van der Waals surface area contributed by atoms with Crippen LogP contribution in [0.4, 0.5) is 4.39 Å². The smallest absolute Gasteiger partial charge is 0.209 e. The Hall–Kier alpha value is -1.72. The fraction of sp³-hybridized carbons (Fsp3) is 0.357. The summed E-state index contributed by atoms with van der Waals surface area (Å²) in [5.74, 6) is 0.790. The Kier molecular flexibility index (Phi) is 3.57. The first-order valence-corrected chi connectivity index (χ1v) is 6.32. The Morgan fingerprint density at radius 3 is 2.79 bits per heavy atom. The molecule has 0 atom stereocenters. The van der Waals surface area contributed by atoms with Gasteiger partial charge in [-0.05, 0) is 12.1 Å². The molecule has 19 heavy (non-hydrogen) atoms. The van der Waals surface area contributed by atoms with Crippen molar-refractivity contribution in [2.45, 2.75) is 6.54 Å². The van der Waals surface area contributed by atoms with Crippen LogP contribution in [-0.4, -0.2) is 36.2 Å². The molecule has 2 aromatic rings. The summed E-state index contributed by atoms with van der Waals surface area (Å²) < 4.78 is 24.5. The fourth-order valence-electron chi connectivity index (χ4n) is 2.12. The van der Waals surface area contributed by atoms with Gasteiger partial charge in [0.15, 0.2) is 5.76 Å².